The van der Waals surface area contributed by atoms with Crippen LogP contribution in [0.5, 0.6) is 0 Å². The first-order chi connectivity index (χ1) is 12.1. The number of carbonyl (C=O) groups is 1. The largest absolute Gasteiger partial charge is 0.342 e. The highest BCUT2D eigenvalue weighted by Gasteiger charge is 2.21. The van der Waals surface area contributed by atoms with Gasteiger partial charge in [-0.15, -0.1) is 10.2 Å². The maximum atomic E-state index is 12.3. The Bertz CT molecular complexity index is 701. The van der Waals surface area contributed by atoms with E-state index < -0.39 is 0 Å². The summed E-state index contributed by atoms with van der Waals surface area (Å²) in [5.74, 6) is 1.25. The van der Waals surface area contributed by atoms with Crippen molar-refractivity contribution in [1.29, 1.82) is 0 Å². The highest BCUT2D eigenvalue weighted by Crippen LogP contribution is 2.28. The first-order valence-corrected chi connectivity index (χ1v) is 10.5. The van der Waals surface area contributed by atoms with Crippen LogP contribution in [0.15, 0.2) is 28.6 Å². The molecule has 0 spiro atoms. The summed E-state index contributed by atoms with van der Waals surface area (Å²) in [6.07, 6.45) is 3.37. The van der Waals surface area contributed by atoms with E-state index in [0.29, 0.717) is 11.7 Å². The number of piperidine rings is 1. The second-order valence-corrected chi connectivity index (χ2v) is 8.62. The molecule has 25 heavy (non-hydrogen) atoms. The maximum Gasteiger partial charge on any atom is 0.233 e. The van der Waals surface area contributed by atoms with Gasteiger partial charge in [0.2, 0.25) is 11.0 Å². The number of aromatic nitrogens is 2. The molecular formula is C18H24N4OS2. The third-order valence-electron chi connectivity index (χ3n) is 4.35. The molecule has 0 aliphatic carbocycles. The minimum absolute atomic E-state index is 0.205. The second-order valence-electron chi connectivity index (χ2n) is 6.42. The molecule has 1 aliphatic heterocycles. The Morgan fingerprint density at radius 3 is 2.88 bits per heavy atom. The van der Waals surface area contributed by atoms with Gasteiger partial charge in [0.1, 0.15) is 0 Å². The van der Waals surface area contributed by atoms with Crippen LogP contribution in [-0.4, -0.2) is 39.8 Å². The van der Waals surface area contributed by atoms with Crippen molar-refractivity contribution >= 4 is 39.8 Å². The molecule has 1 aromatic heterocycles. The number of hydrogen-bond donors (Lipinski definition) is 1. The van der Waals surface area contributed by atoms with Crippen molar-refractivity contribution in [3.05, 3.63) is 29.8 Å². The summed E-state index contributed by atoms with van der Waals surface area (Å²) >= 11 is 2.96. The Hall–Kier alpha value is -1.60. The fraction of sp³-hybridized carbons (Fsp3) is 0.500. The Kier molecular flexibility index (Phi) is 6.31. The minimum atomic E-state index is 0.205. The molecule has 5 nitrogen and oxygen atoms in total. The minimum Gasteiger partial charge on any atom is -0.342 e. The van der Waals surface area contributed by atoms with Crippen LogP contribution in [-0.2, 0) is 11.2 Å². The zero-order chi connectivity index (χ0) is 17.6. The molecule has 1 fully saturated rings. The summed E-state index contributed by atoms with van der Waals surface area (Å²) in [6, 6.07) is 8.32. The average Bonchev–Trinajstić information content (AvgIpc) is 3.08. The van der Waals surface area contributed by atoms with Crippen molar-refractivity contribution in [2.45, 2.75) is 37.4 Å². The standard InChI is InChI=1S/C18H24N4OS2/c1-3-14-6-8-15(9-7-14)19-17-20-21-18(25-17)24-12-16(23)22-10-4-5-13(2)11-22/h6-9,13H,3-5,10-12H2,1-2H3,(H,19,20)/t13-/m0/s1. The number of likely N-dealkylation sites (tertiary alicyclic amines) is 1. The Labute approximate surface area is 157 Å². The van der Waals surface area contributed by atoms with E-state index in [-0.39, 0.29) is 5.91 Å². The second kappa shape index (κ2) is 8.67. The molecule has 2 heterocycles. The molecule has 0 radical (unpaired) electrons. The number of anilines is 2. The van der Waals surface area contributed by atoms with Gasteiger partial charge in [0.15, 0.2) is 4.34 Å². The molecule has 3 rings (SSSR count). The highest BCUT2D eigenvalue weighted by molar-refractivity contribution is 8.01. The molecule has 0 bridgehead atoms. The van der Waals surface area contributed by atoms with E-state index in [0.717, 1.165) is 41.1 Å². The SMILES string of the molecule is CCc1ccc(Nc2nnc(SCC(=O)N3CCC[C@H](C)C3)s2)cc1. The van der Waals surface area contributed by atoms with E-state index in [9.17, 15) is 4.79 Å². The Morgan fingerprint density at radius 2 is 2.16 bits per heavy atom. The average molecular weight is 377 g/mol. The molecule has 134 valence electrons. The molecule has 7 heteroatoms. The number of thioether (sulfide) groups is 1. The van der Waals surface area contributed by atoms with Crippen molar-refractivity contribution in [3.8, 4) is 0 Å². The van der Waals surface area contributed by atoms with E-state index in [1.165, 1.54) is 35.1 Å². The number of aryl methyl sites for hydroxylation is 1. The molecule has 1 aliphatic rings. The van der Waals surface area contributed by atoms with E-state index in [1.54, 1.807) is 0 Å². The fourth-order valence-corrected chi connectivity index (χ4v) is 4.57. The van der Waals surface area contributed by atoms with Crippen LogP contribution in [0.3, 0.4) is 0 Å². The van der Waals surface area contributed by atoms with Crippen LogP contribution in [0.4, 0.5) is 10.8 Å². The number of nitrogens with zero attached hydrogens (tertiary/aromatic N) is 3. The highest BCUT2D eigenvalue weighted by atomic mass is 32.2. The molecule has 1 saturated heterocycles. The molecule has 1 N–H and O–H groups in total. The van der Waals surface area contributed by atoms with Crippen LogP contribution >= 0.6 is 23.1 Å². The molecule has 2 aromatic rings. The van der Waals surface area contributed by atoms with Gasteiger partial charge in [-0.1, -0.05) is 49.1 Å². The van der Waals surface area contributed by atoms with Crippen LogP contribution < -0.4 is 5.32 Å². The number of rotatable bonds is 6. The number of amides is 1. The topological polar surface area (TPSA) is 58.1 Å². The summed E-state index contributed by atoms with van der Waals surface area (Å²) in [6.45, 7) is 6.13. The van der Waals surface area contributed by atoms with Gasteiger partial charge < -0.3 is 10.2 Å². The van der Waals surface area contributed by atoms with Crippen LogP contribution in [0.2, 0.25) is 0 Å². The predicted molar refractivity (Wildman–Crippen MR) is 105 cm³/mol. The quantitative estimate of drug-likeness (QED) is 0.766. The Morgan fingerprint density at radius 1 is 1.36 bits per heavy atom. The van der Waals surface area contributed by atoms with Gasteiger partial charge in [0, 0.05) is 18.8 Å². The van der Waals surface area contributed by atoms with Crippen molar-refractivity contribution in [2.24, 2.45) is 5.92 Å². The lowest BCUT2D eigenvalue weighted by Crippen LogP contribution is -2.40. The number of hydrogen-bond acceptors (Lipinski definition) is 6. The van der Waals surface area contributed by atoms with Gasteiger partial charge in [-0.3, -0.25) is 4.79 Å². The zero-order valence-electron chi connectivity index (χ0n) is 14.7. The van der Waals surface area contributed by atoms with E-state index in [2.05, 4.69) is 41.5 Å². The summed E-state index contributed by atoms with van der Waals surface area (Å²) < 4.78 is 0.825. The van der Waals surface area contributed by atoms with E-state index in [1.807, 2.05) is 17.0 Å². The van der Waals surface area contributed by atoms with Gasteiger partial charge >= 0.3 is 0 Å². The van der Waals surface area contributed by atoms with Crippen molar-refractivity contribution in [2.75, 3.05) is 24.2 Å². The summed E-state index contributed by atoms with van der Waals surface area (Å²) in [7, 11) is 0. The lowest BCUT2D eigenvalue weighted by Gasteiger charge is -2.30. The van der Waals surface area contributed by atoms with Gasteiger partial charge in [-0.2, -0.15) is 0 Å². The van der Waals surface area contributed by atoms with Crippen molar-refractivity contribution in [1.82, 2.24) is 15.1 Å². The van der Waals surface area contributed by atoms with Crippen molar-refractivity contribution < 1.29 is 4.79 Å². The maximum absolute atomic E-state index is 12.3. The Balaban J connectivity index is 1.50. The van der Waals surface area contributed by atoms with Gasteiger partial charge in [0.05, 0.1) is 5.75 Å². The van der Waals surface area contributed by atoms with Gasteiger partial charge in [0.25, 0.3) is 0 Å². The lowest BCUT2D eigenvalue weighted by atomic mass is 10.0. The molecule has 0 unspecified atom stereocenters. The first kappa shape index (κ1) is 18.2. The van der Waals surface area contributed by atoms with Crippen LogP contribution in [0.25, 0.3) is 0 Å². The van der Waals surface area contributed by atoms with E-state index >= 15 is 0 Å². The van der Waals surface area contributed by atoms with Gasteiger partial charge in [-0.25, -0.2) is 0 Å². The van der Waals surface area contributed by atoms with Crippen molar-refractivity contribution in [3.63, 3.8) is 0 Å². The zero-order valence-corrected chi connectivity index (χ0v) is 16.3. The van der Waals surface area contributed by atoms with E-state index in [4.69, 9.17) is 0 Å². The lowest BCUT2D eigenvalue weighted by molar-refractivity contribution is -0.130. The van der Waals surface area contributed by atoms with Crippen LogP contribution in [0, 0.1) is 5.92 Å². The smallest absolute Gasteiger partial charge is 0.233 e. The molecule has 1 aromatic carbocycles. The molecular weight excluding hydrogens is 352 g/mol. The molecule has 1 atom stereocenters. The third kappa shape index (κ3) is 5.19. The normalized spacial score (nSPS) is 17.5. The summed E-state index contributed by atoms with van der Waals surface area (Å²) in [4.78, 5) is 14.3. The summed E-state index contributed by atoms with van der Waals surface area (Å²) in [5, 5.41) is 12.4. The predicted octanol–water partition coefficient (Wildman–Crippen LogP) is 4.19. The summed E-state index contributed by atoms with van der Waals surface area (Å²) in [5.41, 5.74) is 2.31. The molecule has 0 saturated carbocycles. The third-order valence-corrected chi connectivity index (χ3v) is 6.31. The monoisotopic (exact) mass is 376 g/mol. The number of carbonyl (C=O) groups excluding carboxylic acids is 1. The number of nitrogens with one attached hydrogen (secondary N) is 1. The van der Waals surface area contributed by atoms with Crippen LogP contribution in [0.1, 0.15) is 32.3 Å². The molecule has 1 amide bonds. The number of benzene rings is 1. The fourth-order valence-electron chi connectivity index (χ4n) is 2.90. The van der Waals surface area contributed by atoms with Gasteiger partial charge in [-0.05, 0) is 42.9 Å². The first-order valence-electron chi connectivity index (χ1n) is 8.74.